The van der Waals surface area contributed by atoms with Crippen molar-refractivity contribution in [1.29, 1.82) is 0 Å². The summed E-state index contributed by atoms with van der Waals surface area (Å²) in [5.74, 6) is -1.51. The molecule has 19 heavy (non-hydrogen) atoms. The van der Waals surface area contributed by atoms with Crippen LogP contribution in [0.4, 0.5) is 4.79 Å². The molecule has 0 aromatic carbocycles. The Morgan fingerprint density at radius 1 is 1.37 bits per heavy atom. The van der Waals surface area contributed by atoms with Gasteiger partial charge in [0.2, 0.25) is 0 Å². The molecular formula is C12H21NO6. The molecule has 0 aliphatic carbocycles. The lowest BCUT2D eigenvalue weighted by atomic mass is 9.86. The number of carbonyl (C=O) groups is 2. The first kappa shape index (κ1) is 15.7. The lowest BCUT2D eigenvalue weighted by Crippen LogP contribution is -2.60. The number of carboxylic acid groups (broad SMARTS) is 1. The summed E-state index contributed by atoms with van der Waals surface area (Å²) >= 11 is 0. The second-order valence-electron chi connectivity index (χ2n) is 4.72. The van der Waals surface area contributed by atoms with E-state index < -0.39 is 23.5 Å². The van der Waals surface area contributed by atoms with E-state index in [9.17, 15) is 14.7 Å². The quantitative estimate of drug-likeness (QED) is 0.766. The zero-order valence-electron chi connectivity index (χ0n) is 11.5. The Morgan fingerprint density at radius 3 is 2.58 bits per heavy atom. The van der Waals surface area contributed by atoms with E-state index in [-0.39, 0.29) is 13.3 Å². The van der Waals surface area contributed by atoms with Gasteiger partial charge >= 0.3 is 12.1 Å². The van der Waals surface area contributed by atoms with Crippen LogP contribution < -0.4 is 0 Å². The molecule has 0 bridgehead atoms. The Morgan fingerprint density at radius 2 is 2.00 bits per heavy atom. The molecule has 1 rings (SSSR count). The molecule has 1 N–H and O–H groups in total. The summed E-state index contributed by atoms with van der Waals surface area (Å²) in [5, 5.41) is 9.50. The minimum Gasteiger partial charge on any atom is -0.479 e. The summed E-state index contributed by atoms with van der Waals surface area (Å²) in [5.41, 5.74) is -1.44. The summed E-state index contributed by atoms with van der Waals surface area (Å²) in [6.07, 6.45) is -0.0248. The third-order valence-corrected chi connectivity index (χ3v) is 3.51. The number of carboxylic acids is 1. The van der Waals surface area contributed by atoms with Crippen molar-refractivity contribution in [2.75, 3.05) is 33.7 Å². The fraction of sp³-hybridized carbons (Fsp3) is 0.833. The van der Waals surface area contributed by atoms with Crippen LogP contribution in [0.3, 0.4) is 0 Å². The molecule has 1 aliphatic rings. The van der Waals surface area contributed by atoms with E-state index in [4.69, 9.17) is 9.47 Å². The maximum Gasteiger partial charge on any atom is 0.412 e. The molecular weight excluding hydrogens is 254 g/mol. The molecule has 1 fully saturated rings. The van der Waals surface area contributed by atoms with E-state index in [1.165, 1.54) is 14.0 Å². The zero-order valence-corrected chi connectivity index (χ0v) is 11.5. The minimum absolute atomic E-state index is 0.111. The monoisotopic (exact) mass is 275 g/mol. The SMILES string of the molecule is COC(=O)N1COCCCOCC(C)[C@@]1(C)C(=O)O. The summed E-state index contributed by atoms with van der Waals surface area (Å²) in [6, 6.07) is 0. The number of carbonyl (C=O) groups excluding carboxylic acids is 1. The van der Waals surface area contributed by atoms with Crippen LogP contribution in [0, 0.1) is 5.92 Å². The van der Waals surface area contributed by atoms with Crippen LogP contribution in [0.25, 0.3) is 0 Å². The van der Waals surface area contributed by atoms with Crippen LogP contribution in [-0.2, 0) is 19.0 Å². The summed E-state index contributed by atoms with van der Waals surface area (Å²) < 4.78 is 15.4. The van der Waals surface area contributed by atoms with Crippen molar-refractivity contribution in [1.82, 2.24) is 4.90 Å². The van der Waals surface area contributed by atoms with Crippen LogP contribution in [-0.4, -0.2) is 61.3 Å². The molecule has 1 heterocycles. The van der Waals surface area contributed by atoms with E-state index in [1.54, 1.807) is 6.92 Å². The second-order valence-corrected chi connectivity index (χ2v) is 4.72. The topological polar surface area (TPSA) is 85.3 Å². The Balaban J connectivity index is 3.06. The number of hydrogen-bond donors (Lipinski definition) is 1. The third kappa shape index (κ3) is 3.36. The van der Waals surface area contributed by atoms with Gasteiger partial charge < -0.3 is 19.3 Å². The van der Waals surface area contributed by atoms with Crippen LogP contribution in [0.1, 0.15) is 20.3 Å². The van der Waals surface area contributed by atoms with Crippen molar-refractivity contribution in [2.24, 2.45) is 5.92 Å². The lowest BCUT2D eigenvalue weighted by Gasteiger charge is -2.41. The van der Waals surface area contributed by atoms with Crippen molar-refractivity contribution in [3.05, 3.63) is 0 Å². The second kappa shape index (κ2) is 6.72. The number of aliphatic carboxylic acids is 1. The van der Waals surface area contributed by atoms with Gasteiger partial charge in [-0.1, -0.05) is 6.92 Å². The van der Waals surface area contributed by atoms with Gasteiger partial charge in [-0.15, -0.1) is 0 Å². The molecule has 110 valence electrons. The van der Waals surface area contributed by atoms with Gasteiger partial charge in [-0.2, -0.15) is 0 Å². The molecule has 1 aliphatic heterocycles. The van der Waals surface area contributed by atoms with Crippen molar-refractivity contribution in [3.8, 4) is 0 Å². The molecule has 0 radical (unpaired) electrons. The highest BCUT2D eigenvalue weighted by Gasteiger charge is 2.48. The van der Waals surface area contributed by atoms with Gasteiger partial charge in [0.25, 0.3) is 0 Å². The minimum atomic E-state index is -1.44. The third-order valence-electron chi connectivity index (χ3n) is 3.51. The van der Waals surface area contributed by atoms with Gasteiger partial charge in [0.05, 0.1) is 20.3 Å². The molecule has 0 aromatic rings. The van der Waals surface area contributed by atoms with Gasteiger partial charge in [0, 0.05) is 12.5 Å². The smallest absolute Gasteiger partial charge is 0.412 e. The Bertz CT molecular complexity index is 334. The average molecular weight is 275 g/mol. The lowest BCUT2D eigenvalue weighted by molar-refractivity contribution is -0.160. The Kier molecular flexibility index (Phi) is 5.56. The molecule has 1 amide bonds. The Hall–Kier alpha value is -1.34. The molecule has 2 atom stereocenters. The van der Waals surface area contributed by atoms with Crippen molar-refractivity contribution in [3.63, 3.8) is 0 Å². The molecule has 0 aromatic heterocycles. The van der Waals surface area contributed by atoms with Crippen LogP contribution in [0.15, 0.2) is 0 Å². The summed E-state index contributed by atoms with van der Waals surface area (Å²) in [6.45, 7) is 4.27. The predicted octanol–water partition coefficient (Wildman–Crippen LogP) is 0.929. The number of hydrogen-bond acceptors (Lipinski definition) is 5. The van der Waals surface area contributed by atoms with E-state index >= 15 is 0 Å². The molecule has 7 nitrogen and oxygen atoms in total. The predicted molar refractivity (Wildman–Crippen MR) is 65.7 cm³/mol. The number of rotatable bonds is 1. The highest BCUT2D eigenvalue weighted by Crippen LogP contribution is 2.27. The average Bonchev–Trinajstić information content (AvgIpc) is 2.39. The van der Waals surface area contributed by atoms with Crippen LogP contribution in [0.2, 0.25) is 0 Å². The number of ether oxygens (including phenoxy) is 3. The zero-order chi connectivity index (χ0) is 14.5. The van der Waals surface area contributed by atoms with Crippen LogP contribution >= 0.6 is 0 Å². The molecule has 1 unspecified atom stereocenters. The van der Waals surface area contributed by atoms with Gasteiger partial charge in [0.15, 0.2) is 0 Å². The number of nitrogens with zero attached hydrogens (tertiary/aromatic N) is 1. The first-order chi connectivity index (χ1) is 8.94. The molecule has 1 saturated heterocycles. The standard InChI is InChI=1S/C12H21NO6/c1-9-7-18-5-4-6-19-8-13(11(16)17-3)12(9,2)10(14)15/h9H,4-8H2,1-3H3,(H,14,15)/t9?,12-/m0/s1. The van der Waals surface area contributed by atoms with E-state index in [0.717, 1.165) is 4.90 Å². The first-order valence-corrected chi connectivity index (χ1v) is 6.19. The largest absolute Gasteiger partial charge is 0.479 e. The highest BCUT2D eigenvalue weighted by atomic mass is 16.6. The molecule has 0 spiro atoms. The van der Waals surface area contributed by atoms with Crippen molar-refractivity contribution < 1.29 is 28.9 Å². The Labute approximate surface area is 112 Å². The van der Waals surface area contributed by atoms with Crippen molar-refractivity contribution >= 4 is 12.1 Å². The number of amides is 1. The number of methoxy groups -OCH3 is 1. The van der Waals surface area contributed by atoms with Gasteiger partial charge in [-0.3, -0.25) is 4.90 Å². The maximum absolute atomic E-state index is 11.8. The fourth-order valence-corrected chi connectivity index (χ4v) is 1.92. The van der Waals surface area contributed by atoms with Crippen molar-refractivity contribution in [2.45, 2.75) is 25.8 Å². The van der Waals surface area contributed by atoms with E-state index in [1.807, 2.05) is 0 Å². The normalized spacial score (nSPS) is 29.6. The maximum atomic E-state index is 11.8. The van der Waals surface area contributed by atoms with Gasteiger partial charge in [0.1, 0.15) is 12.3 Å². The van der Waals surface area contributed by atoms with Gasteiger partial charge in [-0.05, 0) is 13.3 Å². The molecule has 0 saturated carbocycles. The highest BCUT2D eigenvalue weighted by molar-refractivity contribution is 5.84. The van der Waals surface area contributed by atoms with E-state index in [2.05, 4.69) is 4.74 Å². The summed E-state index contributed by atoms with van der Waals surface area (Å²) in [4.78, 5) is 24.5. The fourth-order valence-electron chi connectivity index (χ4n) is 1.92. The van der Waals surface area contributed by atoms with E-state index in [0.29, 0.717) is 19.6 Å². The molecule has 7 heteroatoms. The van der Waals surface area contributed by atoms with Gasteiger partial charge in [-0.25, -0.2) is 9.59 Å². The van der Waals surface area contributed by atoms with Crippen LogP contribution in [0.5, 0.6) is 0 Å². The first-order valence-electron chi connectivity index (χ1n) is 6.19. The summed E-state index contributed by atoms with van der Waals surface area (Å²) in [7, 11) is 1.21.